The molecule has 3 atom stereocenters. The summed E-state index contributed by atoms with van der Waals surface area (Å²) in [7, 11) is 0. The topological polar surface area (TPSA) is 81.0 Å². The molecule has 0 spiro atoms. The quantitative estimate of drug-likeness (QED) is 0.682. The van der Waals surface area contributed by atoms with Crippen LogP contribution in [0.15, 0.2) is 42.3 Å². The predicted molar refractivity (Wildman–Crippen MR) is 126 cm³/mol. The number of benzene rings is 1. The fourth-order valence-corrected chi connectivity index (χ4v) is 5.10. The first-order valence-corrected chi connectivity index (χ1v) is 12.1. The SMILES string of the molecule is CCO[C@H]1OC(C(=O)N2CCCCC2)=C[C@@H](c2cn(C(C)=O)c3ccccc23)[C@@H]1CCCO. The van der Waals surface area contributed by atoms with Gasteiger partial charge in [0.1, 0.15) is 0 Å². The number of aromatic nitrogens is 1. The number of ether oxygens (including phenoxy) is 2. The standard InChI is InChI=1S/C26H34N2O5/c1-3-32-26-20(11-9-15-29)21(16-24(33-26)25(31)27-13-7-4-8-14-27)22-17-28(18(2)30)23-12-6-5-10-19(22)23/h5-6,10,12,16-17,20-21,26,29H,3-4,7-9,11,13-15H2,1-2H3/t20-,21+,26-/m0/s1. The lowest BCUT2D eigenvalue weighted by Crippen LogP contribution is -2.42. The van der Waals surface area contributed by atoms with E-state index >= 15 is 0 Å². The first-order chi connectivity index (χ1) is 16.0. The molecule has 0 saturated carbocycles. The van der Waals surface area contributed by atoms with E-state index in [4.69, 9.17) is 9.47 Å². The van der Waals surface area contributed by atoms with Crippen LogP contribution in [-0.4, -0.2) is 59.0 Å². The summed E-state index contributed by atoms with van der Waals surface area (Å²) in [5.41, 5.74) is 1.82. The molecule has 0 aliphatic carbocycles. The number of piperidine rings is 1. The van der Waals surface area contributed by atoms with Gasteiger partial charge >= 0.3 is 0 Å². The van der Waals surface area contributed by atoms with Gasteiger partial charge in [-0.3, -0.25) is 14.2 Å². The van der Waals surface area contributed by atoms with Crippen molar-refractivity contribution in [2.45, 2.75) is 58.2 Å². The smallest absolute Gasteiger partial charge is 0.288 e. The van der Waals surface area contributed by atoms with E-state index in [9.17, 15) is 14.7 Å². The van der Waals surface area contributed by atoms with Crippen LogP contribution in [0.25, 0.3) is 10.9 Å². The third-order valence-corrected chi connectivity index (χ3v) is 6.71. The van der Waals surface area contributed by atoms with Crippen molar-refractivity contribution in [3.05, 3.63) is 47.9 Å². The van der Waals surface area contributed by atoms with Crippen LogP contribution in [0, 0.1) is 5.92 Å². The van der Waals surface area contributed by atoms with Gasteiger partial charge in [-0.25, -0.2) is 0 Å². The Balaban J connectivity index is 1.81. The number of aliphatic hydroxyl groups excluding tert-OH is 1. The summed E-state index contributed by atoms with van der Waals surface area (Å²) < 4.78 is 13.8. The van der Waals surface area contributed by atoms with E-state index in [-0.39, 0.29) is 30.3 Å². The monoisotopic (exact) mass is 454 g/mol. The molecular weight excluding hydrogens is 420 g/mol. The lowest BCUT2D eigenvalue weighted by Gasteiger charge is -2.38. The molecule has 7 nitrogen and oxygen atoms in total. The van der Waals surface area contributed by atoms with E-state index in [1.807, 2.05) is 48.4 Å². The van der Waals surface area contributed by atoms with Crippen LogP contribution in [-0.2, 0) is 14.3 Å². The highest BCUT2D eigenvalue weighted by atomic mass is 16.7. The molecule has 3 heterocycles. The van der Waals surface area contributed by atoms with Crippen LogP contribution in [0.5, 0.6) is 0 Å². The molecule has 2 aliphatic heterocycles. The summed E-state index contributed by atoms with van der Waals surface area (Å²) in [5.74, 6) is -0.121. The van der Waals surface area contributed by atoms with Crippen LogP contribution in [0.1, 0.15) is 62.2 Å². The van der Waals surface area contributed by atoms with Crippen LogP contribution in [0.2, 0.25) is 0 Å². The molecule has 0 bridgehead atoms. The Labute approximate surface area is 195 Å². The van der Waals surface area contributed by atoms with Gasteiger partial charge in [0.05, 0.1) is 5.52 Å². The van der Waals surface area contributed by atoms with Crippen molar-refractivity contribution in [3.8, 4) is 0 Å². The molecule has 4 rings (SSSR count). The zero-order valence-corrected chi connectivity index (χ0v) is 19.5. The van der Waals surface area contributed by atoms with Crippen molar-refractivity contribution in [2.75, 3.05) is 26.3 Å². The second-order valence-corrected chi connectivity index (χ2v) is 8.87. The number of para-hydroxylation sites is 1. The molecule has 1 aromatic carbocycles. The van der Waals surface area contributed by atoms with E-state index in [0.717, 1.165) is 48.8 Å². The minimum Gasteiger partial charge on any atom is -0.459 e. The number of nitrogens with zero attached hydrogens (tertiary/aromatic N) is 2. The molecular formula is C26H34N2O5. The maximum absolute atomic E-state index is 13.4. The van der Waals surface area contributed by atoms with Crippen molar-refractivity contribution in [1.29, 1.82) is 0 Å². The second-order valence-electron chi connectivity index (χ2n) is 8.87. The molecule has 1 fully saturated rings. The molecule has 7 heteroatoms. The Kier molecular flexibility index (Phi) is 7.50. The molecule has 1 N–H and O–H groups in total. The van der Waals surface area contributed by atoms with Gasteiger partial charge in [0.2, 0.25) is 12.2 Å². The summed E-state index contributed by atoms with van der Waals surface area (Å²) in [6.45, 7) is 5.46. The molecule has 1 saturated heterocycles. The zero-order valence-electron chi connectivity index (χ0n) is 19.5. The van der Waals surface area contributed by atoms with E-state index in [1.165, 1.54) is 0 Å². The largest absolute Gasteiger partial charge is 0.459 e. The fraction of sp³-hybridized carbons (Fsp3) is 0.538. The Morgan fingerprint density at radius 2 is 1.94 bits per heavy atom. The van der Waals surface area contributed by atoms with Crippen molar-refractivity contribution >= 4 is 22.7 Å². The minimum atomic E-state index is -0.597. The third-order valence-electron chi connectivity index (χ3n) is 6.71. The number of allylic oxidation sites excluding steroid dienone is 1. The highest BCUT2D eigenvalue weighted by Gasteiger charge is 2.40. The van der Waals surface area contributed by atoms with E-state index in [1.54, 1.807) is 11.5 Å². The number of hydrogen-bond donors (Lipinski definition) is 1. The van der Waals surface area contributed by atoms with Gasteiger partial charge in [0.15, 0.2) is 5.76 Å². The maximum atomic E-state index is 13.4. The summed E-state index contributed by atoms with van der Waals surface area (Å²) >= 11 is 0. The number of likely N-dealkylation sites (tertiary alicyclic amines) is 1. The average Bonchev–Trinajstić information content (AvgIpc) is 3.23. The normalized spacial score (nSPS) is 23.3. The van der Waals surface area contributed by atoms with Gasteiger partial charge in [0, 0.05) is 56.6 Å². The number of hydrogen-bond acceptors (Lipinski definition) is 5. The Bertz CT molecular complexity index is 1020. The number of carbonyl (C=O) groups is 2. The summed E-state index contributed by atoms with van der Waals surface area (Å²) in [5, 5.41) is 10.5. The molecule has 33 heavy (non-hydrogen) atoms. The molecule has 0 radical (unpaired) electrons. The van der Waals surface area contributed by atoms with E-state index < -0.39 is 6.29 Å². The zero-order chi connectivity index (χ0) is 23.4. The summed E-state index contributed by atoms with van der Waals surface area (Å²) in [4.78, 5) is 27.6. The van der Waals surface area contributed by atoms with Crippen LogP contribution in [0.4, 0.5) is 0 Å². The van der Waals surface area contributed by atoms with E-state index in [2.05, 4.69) is 0 Å². The maximum Gasteiger partial charge on any atom is 0.288 e. The van der Waals surface area contributed by atoms with Crippen LogP contribution < -0.4 is 0 Å². The molecule has 178 valence electrons. The second kappa shape index (κ2) is 10.5. The van der Waals surface area contributed by atoms with E-state index in [0.29, 0.717) is 25.2 Å². The molecule has 2 aliphatic rings. The number of rotatable bonds is 7. The Morgan fingerprint density at radius 3 is 2.64 bits per heavy atom. The van der Waals surface area contributed by atoms with Gasteiger partial charge in [0.25, 0.3) is 5.91 Å². The molecule has 0 unspecified atom stereocenters. The first-order valence-electron chi connectivity index (χ1n) is 12.1. The van der Waals surface area contributed by atoms with Crippen molar-refractivity contribution in [3.63, 3.8) is 0 Å². The Morgan fingerprint density at radius 1 is 1.18 bits per heavy atom. The number of carbonyl (C=O) groups excluding carboxylic acids is 2. The molecule has 2 aromatic rings. The van der Waals surface area contributed by atoms with Gasteiger partial charge < -0.3 is 19.5 Å². The lowest BCUT2D eigenvalue weighted by molar-refractivity contribution is -0.170. The molecule has 1 amide bonds. The highest BCUT2D eigenvalue weighted by Crippen LogP contribution is 2.42. The fourth-order valence-electron chi connectivity index (χ4n) is 5.10. The van der Waals surface area contributed by atoms with Gasteiger partial charge in [-0.2, -0.15) is 0 Å². The Hall–Kier alpha value is -2.64. The number of amides is 1. The summed E-state index contributed by atoms with van der Waals surface area (Å²) in [6, 6.07) is 7.83. The van der Waals surface area contributed by atoms with Crippen LogP contribution >= 0.6 is 0 Å². The molecule has 1 aromatic heterocycles. The first kappa shape index (κ1) is 23.5. The van der Waals surface area contributed by atoms with Crippen molar-refractivity contribution < 1.29 is 24.2 Å². The van der Waals surface area contributed by atoms with Crippen molar-refractivity contribution in [2.24, 2.45) is 5.92 Å². The van der Waals surface area contributed by atoms with Crippen LogP contribution in [0.3, 0.4) is 0 Å². The minimum absolute atomic E-state index is 0.0635. The predicted octanol–water partition coefficient (Wildman–Crippen LogP) is 4.06. The number of fused-ring (bicyclic) bond motifs is 1. The number of aliphatic hydroxyl groups is 1. The highest BCUT2D eigenvalue weighted by molar-refractivity contribution is 5.95. The van der Waals surface area contributed by atoms with Gasteiger partial charge in [-0.1, -0.05) is 18.2 Å². The third kappa shape index (κ3) is 4.84. The van der Waals surface area contributed by atoms with Gasteiger partial charge in [-0.05, 0) is 56.7 Å². The average molecular weight is 455 g/mol. The van der Waals surface area contributed by atoms with Crippen molar-refractivity contribution in [1.82, 2.24) is 9.47 Å². The van der Waals surface area contributed by atoms with Gasteiger partial charge in [-0.15, -0.1) is 0 Å². The lowest BCUT2D eigenvalue weighted by atomic mass is 9.80. The summed E-state index contributed by atoms with van der Waals surface area (Å²) in [6.07, 6.45) is 7.63.